The summed E-state index contributed by atoms with van der Waals surface area (Å²) in [4.78, 5) is 4.12. The SMILES string of the molecule is CCOC(C)(C)CNc1ccc(N)c2cnccc12. The van der Waals surface area contributed by atoms with Crippen LogP contribution in [0.25, 0.3) is 10.8 Å². The molecule has 0 radical (unpaired) electrons. The Morgan fingerprint density at radius 3 is 2.79 bits per heavy atom. The lowest BCUT2D eigenvalue weighted by Crippen LogP contribution is -2.33. The standard InChI is InChI=1S/C15H21N3O/c1-4-19-15(2,3)10-18-14-6-5-13(16)12-9-17-8-7-11(12)14/h5-9,18H,4,10,16H2,1-3H3. The largest absolute Gasteiger partial charge is 0.398 e. The summed E-state index contributed by atoms with van der Waals surface area (Å²) in [6.45, 7) is 7.60. The molecule has 1 aromatic carbocycles. The van der Waals surface area contributed by atoms with Crippen molar-refractivity contribution in [2.24, 2.45) is 0 Å². The molecule has 2 rings (SSSR count). The number of hydrogen-bond acceptors (Lipinski definition) is 4. The lowest BCUT2D eigenvalue weighted by atomic mass is 10.1. The molecule has 0 aliphatic carbocycles. The number of nitrogens with one attached hydrogen (secondary N) is 1. The summed E-state index contributed by atoms with van der Waals surface area (Å²) in [5, 5.41) is 5.49. The number of nitrogens with zero attached hydrogens (tertiary/aromatic N) is 1. The highest BCUT2D eigenvalue weighted by Crippen LogP contribution is 2.27. The molecule has 0 saturated heterocycles. The van der Waals surface area contributed by atoms with Gasteiger partial charge in [0.15, 0.2) is 0 Å². The zero-order valence-electron chi connectivity index (χ0n) is 11.7. The Morgan fingerprint density at radius 1 is 1.26 bits per heavy atom. The van der Waals surface area contributed by atoms with Crippen molar-refractivity contribution in [3.8, 4) is 0 Å². The summed E-state index contributed by atoms with van der Waals surface area (Å²) >= 11 is 0. The predicted octanol–water partition coefficient (Wildman–Crippen LogP) is 3.04. The van der Waals surface area contributed by atoms with Gasteiger partial charge < -0.3 is 15.8 Å². The zero-order valence-corrected chi connectivity index (χ0v) is 11.7. The summed E-state index contributed by atoms with van der Waals surface area (Å²) < 4.78 is 5.69. The molecule has 0 fully saturated rings. The molecule has 3 N–H and O–H groups in total. The monoisotopic (exact) mass is 259 g/mol. The van der Waals surface area contributed by atoms with Crippen LogP contribution in [0.1, 0.15) is 20.8 Å². The van der Waals surface area contributed by atoms with Crippen molar-refractivity contribution in [2.45, 2.75) is 26.4 Å². The van der Waals surface area contributed by atoms with Gasteiger partial charge in [-0.1, -0.05) is 0 Å². The van der Waals surface area contributed by atoms with Crippen molar-refractivity contribution in [1.29, 1.82) is 0 Å². The van der Waals surface area contributed by atoms with Crippen molar-refractivity contribution in [1.82, 2.24) is 4.98 Å². The minimum atomic E-state index is -0.199. The lowest BCUT2D eigenvalue weighted by molar-refractivity contribution is 0.000719. The first kappa shape index (κ1) is 13.6. The average Bonchev–Trinajstić information content (AvgIpc) is 2.38. The molecule has 0 bridgehead atoms. The quantitative estimate of drug-likeness (QED) is 0.810. The van der Waals surface area contributed by atoms with Gasteiger partial charge in [-0.3, -0.25) is 4.98 Å². The molecule has 4 heteroatoms. The van der Waals surface area contributed by atoms with Gasteiger partial charge in [0, 0.05) is 47.7 Å². The second kappa shape index (κ2) is 5.45. The Kier molecular flexibility index (Phi) is 3.90. The van der Waals surface area contributed by atoms with Crippen LogP contribution in [0.3, 0.4) is 0 Å². The molecule has 0 spiro atoms. The van der Waals surface area contributed by atoms with Crippen LogP contribution in [0.2, 0.25) is 0 Å². The van der Waals surface area contributed by atoms with E-state index in [0.29, 0.717) is 6.61 Å². The van der Waals surface area contributed by atoms with Crippen LogP contribution in [-0.2, 0) is 4.74 Å². The van der Waals surface area contributed by atoms with Crippen LogP contribution in [0, 0.1) is 0 Å². The zero-order chi connectivity index (χ0) is 13.9. The van der Waals surface area contributed by atoms with Gasteiger partial charge in [-0.15, -0.1) is 0 Å². The van der Waals surface area contributed by atoms with E-state index in [4.69, 9.17) is 10.5 Å². The van der Waals surface area contributed by atoms with Gasteiger partial charge in [-0.05, 0) is 39.0 Å². The molecule has 0 aliphatic rings. The van der Waals surface area contributed by atoms with Crippen LogP contribution in [-0.4, -0.2) is 23.7 Å². The van der Waals surface area contributed by atoms with Crippen molar-refractivity contribution in [2.75, 3.05) is 24.2 Å². The molecule has 19 heavy (non-hydrogen) atoms. The van der Waals surface area contributed by atoms with Gasteiger partial charge in [0.05, 0.1) is 5.60 Å². The second-order valence-corrected chi connectivity index (χ2v) is 5.17. The normalized spacial score (nSPS) is 11.7. The van der Waals surface area contributed by atoms with Gasteiger partial charge in [0.25, 0.3) is 0 Å². The van der Waals surface area contributed by atoms with E-state index in [1.807, 2.05) is 25.1 Å². The van der Waals surface area contributed by atoms with E-state index < -0.39 is 0 Å². The Hall–Kier alpha value is -1.81. The molecule has 0 atom stereocenters. The fourth-order valence-corrected chi connectivity index (χ4v) is 2.12. The van der Waals surface area contributed by atoms with Crippen LogP contribution in [0.5, 0.6) is 0 Å². The third kappa shape index (κ3) is 3.15. The Labute approximate surface area is 114 Å². The minimum absolute atomic E-state index is 0.199. The maximum absolute atomic E-state index is 5.96. The summed E-state index contributed by atoms with van der Waals surface area (Å²) in [5.41, 5.74) is 7.57. The average molecular weight is 259 g/mol. The number of nitrogen functional groups attached to an aromatic ring is 1. The molecule has 2 aromatic rings. The topological polar surface area (TPSA) is 60.2 Å². The van der Waals surface area contributed by atoms with Crippen molar-refractivity contribution in [3.63, 3.8) is 0 Å². The number of anilines is 2. The van der Waals surface area contributed by atoms with Crippen LogP contribution >= 0.6 is 0 Å². The summed E-state index contributed by atoms with van der Waals surface area (Å²) in [6.07, 6.45) is 3.57. The molecule has 1 heterocycles. The summed E-state index contributed by atoms with van der Waals surface area (Å²) in [7, 11) is 0. The fraction of sp³-hybridized carbons (Fsp3) is 0.400. The number of pyridine rings is 1. The Bertz CT molecular complexity index is 566. The van der Waals surface area contributed by atoms with Gasteiger partial charge in [-0.2, -0.15) is 0 Å². The molecule has 4 nitrogen and oxygen atoms in total. The van der Waals surface area contributed by atoms with E-state index >= 15 is 0 Å². The predicted molar refractivity (Wildman–Crippen MR) is 80.4 cm³/mol. The van der Waals surface area contributed by atoms with Gasteiger partial charge in [0.2, 0.25) is 0 Å². The number of hydrogen-bond donors (Lipinski definition) is 2. The number of fused-ring (bicyclic) bond motifs is 1. The van der Waals surface area contributed by atoms with Gasteiger partial charge in [-0.25, -0.2) is 0 Å². The Balaban J connectivity index is 2.24. The first-order chi connectivity index (χ1) is 9.03. The molecule has 0 unspecified atom stereocenters. The fourth-order valence-electron chi connectivity index (χ4n) is 2.12. The lowest BCUT2D eigenvalue weighted by Gasteiger charge is -2.26. The molecule has 1 aromatic heterocycles. The Morgan fingerprint density at radius 2 is 2.05 bits per heavy atom. The van der Waals surface area contributed by atoms with Crippen molar-refractivity contribution < 1.29 is 4.74 Å². The van der Waals surface area contributed by atoms with Crippen molar-refractivity contribution in [3.05, 3.63) is 30.6 Å². The smallest absolute Gasteiger partial charge is 0.0797 e. The number of nitrogens with two attached hydrogens (primary N) is 1. The van der Waals surface area contributed by atoms with Crippen LogP contribution < -0.4 is 11.1 Å². The van der Waals surface area contributed by atoms with Crippen LogP contribution in [0.15, 0.2) is 30.6 Å². The highest BCUT2D eigenvalue weighted by Gasteiger charge is 2.17. The number of rotatable bonds is 5. The second-order valence-electron chi connectivity index (χ2n) is 5.17. The van der Waals surface area contributed by atoms with Crippen molar-refractivity contribution >= 4 is 22.1 Å². The van der Waals surface area contributed by atoms with Gasteiger partial charge >= 0.3 is 0 Å². The maximum atomic E-state index is 5.96. The van der Waals surface area contributed by atoms with E-state index in [0.717, 1.165) is 28.7 Å². The molecule has 0 saturated carbocycles. The summed E-state index contributed by atoms with van der Waals surface area (Å²) in [5.74, 6) is 0. The number of benzene rings is 1. The van der Waals surface area contributed by atoms with E-state index in [1.54, 1.807) is 12.4 Å². The minimum Gasteiger partial charge on any atom is -0.398 e. The van der Waals surface area contributed by atoms with Crippen LogP contribution in [0.4, 0.5) is 11.4 Å². The van der Waals surface area contributed by atoms with Gasteiger partial charge in [0.1, 0.15) is 0 Å². The van der Waals surface area contributed by atoms with E-state index in [9.17, 15) is 0 Å². The molecule has 102 valence electrons. The van der Waals surface area contributed by atoms with E-state index in [-0.39, 0.29) is 5.60 Å². The molecule has 0 amide bonds. The maximum Gasteiger partial charge on any atom is 0.0797 e. The first-order valence-corrected chi connectivity index (χ1v) is 6.53. The number of ether oxygens (including phenoxy) is 1. The highest BCUT2D eigenvalue weighted by atomic mass is 16.5. The summed E-state index contributed by atoms with van der Waals surface area (Å²) in [6, 6.07) is 5.88. The first-order valence-electron chi connectivity index (χ1n) is 6.53. The third-order valence-electron chi connectivity index (χ3n) is 3.09. The van der Waals surface area contributed by atoms with E-state index in [2.05, 4.69) is 24.1 Å². The third-order valence-corrected chi connectivity index (χ3v) is 3.09. The highest BCUT2D eigenvalue weighted by molar-refractivity contribution is 6.00. The number of aromatic nitrogens is 1. The molecular formula is C15H21N3O. The molecule has 0 aliphatic heterocycles. The molecular weight excluding hydrogens is 238 g/mol. The van der Waals surface area contributed by atoms with E-state index in [1.165, 1.54) is 0 Å².